The first-order valence-corrected chi connectivity index (χ1v) is 15.3. The average molecular weight is 725 g/mol. The summed E-state index contributed by atoms with van der Waals surface area (Å²) in [5, 5.41) is 82.1. The van der Waals surface area contributed by atoms with Gasteiger partial charge in [0.2, 0.25) is 11.5 Å². The number of hydrogen-bond donors (Lipinski definition) is 8. The lowest BCUT2D eigenvalue weighted by Crippen LogP contribution is -2.63. The van der Waals surface area contributed by atoms with E-state index in [0.717, 1.165) is 12.2 Å². The van der Waals surface area contributed by atoms with E-state index in [1.54, 1.807) is 0 Å². The van der Waals surface area contributed by atoms with E-state index in [0.29, 0.717) is 11.1 Å². The number of aliphatic hydroxyl groups is 6. The Labute approximate surface area is 290 Å². The fourth-order valence-electron chi connectivity index (χ4n) is 5.28. The molecular weight excluding hydrogens is 684 g/mol. The summed E-state index contributed by atoms with van der Waals surface area (Å²) in [5.74, 6) is -4.92. The number of phenols is 2. The minimum Gasteiger partial charge on any atom is -0.504 e. The molecule has 0 saturated carbocycles. The number of methoxy groups -OCH3 is 3. The number of rotatable bonds is 14. The molecule has 0 unspecified atom stereocenters. The molecule has 2 saturated heterocycles. The lowest BCUT2D eigenvalue weighted by atomic mass is 9.99. The third-order valence-electron chi connectivity index (χ3n) is 8.01. The van der Waals surface area contributed by atoms with Crippen LogP contribution in [0.25, 0.3) is 12.2 Å². The van der Waals surface area contributed by atoms with Crippen molar-refractivity contribution >= 4 is 24.1 Å². The first kappa shape index (κ1) is 39.3. The molecule has 0 bridgehead atoms. The Bertz CT molecular complexity index is 1550. The zero-order valence-electron chi connectivity index (χ0n) is 27.6. The van der Waals surface area contributed by atoms with Gasteiger partial charge in [0.25, 0.3) is 0 Å². The summed E-state index contributed by atoms with van der Waals surface area (Å²) in [6.45, 7) is -2.69. The molecule has 280 valence electrons. The number of phenolic OH excluding ortho intramolecular Hbond substituents is 2. The highest BCUT2D eigenvalue weighted by Crippen LogP contribution is 2.40. The van der Waals surface area contributed by atoms with Crippen molar-refractivity contribution in [1.29, 1.82) is 0 Å². The molecule has 4 rings (SSSR count). The van der Waals surface area contributed by atoms with Gasteiger partial charge in [-0.25, -0.2) is 9.59 Å². The van der Waals surface area contributed by atoms with Crippen LogP contribution in [-0.2, 0) is 33.3 Å². The Morgan fingerprint density at radius 3 is 1.96 bits per heavy atom. The van der Waals surface area contributed by atoms with Crippen molar-refractivity contribution in [3.63, 3.8) is 0 Å². The Kier molecular flexibility index (Phi) is 13.2. The predicted octanol–water partition coefficient (Wildman–Crippen LogP) is -1.43. The molecule has 0 aromatic heterocycles. The second kappa shape index (κ2) is 17.1. The molecule has 18 heteroatoms. The van der Waals surface area contributed by atoms with Crippen molar-refractivity contribution in [3.8, 4) is 28.7 Å². The molecule has 0 amide bonds. The van der Waals surface area contributed by atoms with Crippen molar-refractivity contribution < 1.29 is 88.3 Å². The topological polar surface area (TPSA) is 270 Å². The van der Waals surface area contributed by atoms with Crippen LogP contribution in [0.15, 0.2) is 42.5 Å². The molecule has 2 aliphatic heterocycles. The van der Waals surface area contributed by atoms with Crippen LogP contribution in [-0.4, -0.2) is 149 Å². The van der Waals surface area contributed by atoms with Crippen molar-refractivity contribution in [1.82, 2.24) is 0 Å². The van der Waals surface area contributed by atoms with Crippen molar-refractivity contribution in [3.05, 3.63) is 53.6 Å². The Balaban J connectivity index is 1.64. The number of carbonyl (C=O) groups excluding carboxylic acids is 2. The molecule has 51 heavy (non-hydrogen) atoms. The zero-order chi connectivity index (χ0) is 37.5. The molecule has 2 aliphatic rings. The first-order valence-electron chi connectivity index (χ1n) is 15.3. The molecule has 8 N–H and O–H groups in total. The summed E-state index contributed by atoms with van der Waals surface area (Å²) < 4.78 is 43.2. The summed E-state index contributed by atoms with van der Waals surface area (Å²) in [6.07, 6.45) is -9.92. The largest absolute Gasteiger partial charge is 0.504 e. The third-order valence-corrected chi connectivity index (χ3v) is 8.01. The van der Waals surface area contributed by atoms with Gasteiger partial charge in [-0.1, -0.05) is 6.07 Å². The number of esters is 2. The number of benzene rings is 2. The van der Waals surface area contributed by atoms with Crippen molar-refractivity contribution in [2.24, 2.45) is 0 Å². The van der Waals surface area contributed by atoms with Crippen molar-refractivity contribution in [2.45, 2.75) is 54.8 Å². The van der Waals surface area contributed by atoms with Gasteiger partial charge in [-0.15, -0.1) is 0 Å². The standard InChI is InChI=1S/C33H40O18/c1-44-19-10-16(4-7-18(19)36)5-9-25(38)49-31-28(41)23(14-35)50-33(31,51-32-30(43)29(42)27(40)22(13-34)48-32)15-47-24(37)8-6-17-11-20(45-2)26(39)21(12-17)46-3/h4-12,22-23,27-32,34-36,39-43H,13-15H2,1-3H3/b8-6+,9-5+/t22-,23+,27-,28-,29+,30-,31+,32-,33+/m1/s1. The maximum atomic E-state index is 13.1. The van der Waals surface area contributed by atoms with Crippen LogP contribution in [0.2, 0.25) is 0 Å². The van der Waals surface area contributed by atoms with Crippen LogP contribution < -0.4 is 14.2 Å². The highest BCUT2D eigenvalue weighted by molar-refractivity contribution is 5.88. The maximum absolute atomic E-state index is 13.1. The molecule has 9 atom stereocenters. The van der Waals surface area contributed by atoms with Gasteiger partial charge < -0.3 is 78.7 Å². The third kappa shape index (κ3) is 8.87. The summed E-state index contributed by atoms with van der Waals surface area (Å²) in [7, 11) is 3.95. The summed E-state index contributed by atoms with van der Waals surface area (Å²) >= 11 is 0. The van der Waals surface area contributed by atoms with Crippen LogP contribution in [0.4, 0.5) is 0 Å². The molecule has 2 aromatic rings. The van der Waals surface area contributed by atoms with Crippen LogP contribution in [0.3, 0.4) is 0 Å². The van der Waals surface area contributed by atoms with Crippen molar-refractivity contribution in [2.75, 3.05) is 41.2 Å². The van der Waals surface area contributed by atoms with E-state index >= 15 is 0 Å². The quantitative estimate of drug-likeness (QED) is 0.0819. The zero-order valence-corrected chi connectivity index (χ0v) is 27.6. The number of hydrogen-bond acceptors (Lipinski definition) is 18. The highest BCUT2D eigenvalue weighted by atomic mass is 16.8. The molecule has 2 fully saturated rings. The molecular formula is C33H40O18. The number of aliphatic hydroxyl groups excluding tert-OH is 6. The van der Waals surface area contributed by atoms with E-state index in [2.05, 4.69) is 0 Å². The minimum atomic E-state index is -2.54. The molecule has 18 nitrogen and oxygen atoms in total. The van der Waals surface area contributed by atoms with Crippen LogP contribution in [0.5, 0.6) is 28.7 Å². The fourth-order valence-corrected chi connectivity index (χ4v) is 5.28. The van der Waals surface area contributed by atoms with Gasteiger partial charge in [0.15, 0.2) is 35.4 Å². The van der Waals surface area contributed by atoms with Crippen LogP contribution >= 0.6 is 0 Å². The van der Waals surface area contributed by atoms with E-state index in [9.17, 15) is 50.4 Å². The molecule has 0 spiro atoms. The Morgan fingerprint density at radius 2 is 1.35 bits per heavy atom. The van der Waals surface area contributed by atoms with Gasteiger partial charge in [0, 0.05) is 12.2 Å². The average Bonchev–Trinajstić information content (AvgIpc) is 3.39. The lowest BCUT2D eigenvalue weighted by molar-refractivity contribution is -0.383. The fraction of sp³-hybridized carbons (Fsp3) is 0.455. The van der Waals surface area contributed by atoms with Crippen LogP contribution in [0.1, 0.15) is 11.1 Å². The second-order valence-electron chi connectivity index (χ2n) is 11.3. The summed E-state index contributed by atoms with van der Waals surface area (Å²) in [6, 6.07) is 6.98. The maximum Gasteiger partial charge on any atom is 0.331 e. The van der Waals surface area contributed by atoms with Gasteiger partial charge in [-0.05, 0) is 47.5 Å². The summed E-state index contributed by atoms with van der Waals surface area (Å²) in [5.41, 5.74) is 0.731. The van der Waals surface area contributed by atoms with Gasteiger partial charge in [-0.2, -0.15) is 0 Å². The predicted molar refractivity (Wildman–Crippen MR) is 170 cm³/mol. The van der Waals surface area contributed by atoms with E-state index in [4.69, 9.17) is 37.9 Å². The molecule has 0 radical (unpaired) electrons. The number of aromatic hydroxyl groups is 2. The number of carbonyl (C=O) groups is 2. The normalized spacial score (nSPS) is 29.3. The molecule has 2 heterocycles. The molecule has 0 aliphatic carbocycles. The monoisotopic (exact) mass is 724 g/mol. The smallest absolute Gasteiger partial charge is 0.331 e. The van der Waals surface area contributed by atoms with Gasteiger partial charge in [0.1, 0.15) is 43.2 Å². The van der Waals surface area contributed by atoms with E-state index in [1.807, 2.05) is 0 Å². The number of ether oxygens (including phenoxy) is 8. The van der Waals surface area contributed by atoms with E-state index < -0.39 is 86.6 Å². The van der Waals surface area contributed by atoms with Gasteiger partial charge >= 0.3 is 11.9 Å². The van der Waals surface area contributed by atoms with Gasteiger partial charge in [0.05, 0.1) is 34.5 Å². The van der Waals surface area contributed by atoms with E-state index in [-0.39, 0.29) is 28.7 Å². The van der Waals surface area contributed by atoms with E-state index in [1.165, 1.54) is 63.8 Å². The first-order chi connectivity index (χ1) is 24.3. The second-order valence-corrected chi connectivity index (χ2v) is 11.3. The van der Waals surface area contributed by atoms with Crippen LogP contribution in [0, 0.1) is 0 Å². The highest BCUT2D eigenvalue weighted by Gasteiger charge is 2.61. The lowest BCUT2D eigenvalue weighted by Gasteiger charge is -2.43. The minimum absolute atomic E-state index is 0.0425. The SMILES string of the molecule is COc1cc(/C=C/C(=O)O[C@H]2[C@H](O)[C@H](CO)O[C@@]2(COC(=O)/C=C/c2cc(OC)c(O)c(OC)c2)O[C@H]2O[C@H](CO)[C@@H](O)[C@H](O)[C@H]2O)ccc1O. The van der Waals surface area contributed by atoms with Gasteiger partial charge in [-0.3, -0.25) is 0 Å². The molecule has 2 aromatic carbocycles. The Hall–Kier alpha value is -4.50. The summed E-state index contributed by atoms with van der Waals surface area (Å²) in [4.78, 5) is 26.0. The Morgan fingerprint density at radius 1 is 0.765 bits per heavy atom.